The third-order valence-electron chi connectivity index (χ3n) is 2.18. The quantitative estimate of drug-likeness (QED) is 0.642. The molecule has 0 aliphatic heterocycles. The molecule has 118 valence electrons. The SMILES string of the molecule is CC(C)COc1nc(SCC(=O)OC(C)(C)C)ccc1N. The van der Waals surface area contributed by atoms with Crippen LogP contribution in [0.1, 0.15) is 34.6 Å². The van der Waals surface area contributed by atoms with Gasteiger partial charge in [-0.1, -0.05) is 25.6 Å². The first-order chi connectivity index (χ1) is 9.67. The summed E-state index contributed by atoms with van der Waals surface area (Å²) in [5.41, 5.74) is 5.85. The van der Waals surface area contributed by atoms with Crippen molar-refractivity contribution in [2.24, 2.45) is 5.92 Å². The third kappa shape index (κ3) is 7.22. The van der Waals surface area contributed by atoms with Crippen LogP contribution < -0.4 is 10.5 Å². The lowest BCUT2D eigenvalue weighted by atomic mass is 10.2. The molecular formula is C15H24N2O3S. The van der Waals surface area contributed by atoms with Crippen LogP contribution in [-0.2, 0) is 9.53 Å². The first-order valence-electron chi connectivity index (χ1n) is 6.91. The number of hydrogen-bond acceptors (Lipinski definition) is 6. The number of ether oxygens (including phenoxy) is 2. The number of esters is 1. The van der Waals surface area contributed by atoms with E-state index >= 15 is 0 Å². The van der Waals surface area contributed by atoms with Gasteiger partial charge >= 0.3 is 5.97 Å². The predicted octanol–water partition coefficient (Wildman–Crippen LogP) is 3.13. The number of rotatable bonds is 6. The van der Waals surface area contributed by atoms with Crippen molar-refractivity contribution in [2.75, 3.05) is 18.1 Å². The molecule has 2 N–H and O–H groups in total. The minimum Gasteiger partial charge on any atom is -0.476 e. The average molecular weight is 312 g/mol. The Bertz CT molecular complexity index is 484. The van der Waals surface area contributed by atoms with Crippen LogP contribution in [0, 0.1) is 5.92 Å². The summed E-state index contributed by atoms with van der Waals surface area (Å²) in [5.74, 6) is 0.746. The molecule has 0 unspecified atom stereocenters. The van der Waals surface area contributed by atoms with Gasteiger partial charge < -0.3 is 15.2 Å². The molecule has 0 saturated heterocycles. The molecule has 0 fully saturated rings. The topological polar surface area (TPSA) is 74.4 Å². The summed E-state index contributed by atoms with van der Waals surface area (Å²) < 4.78 is 10.8. The number of carbonyl (C=O) groups is 1. The number of thioether (sulfide) groups is 1. The van der Waals surface area contributed by atoms with Gasteiger partial charge in [0.1, 0.15) is 10.6 Å². The van der Waals surface area contributed by atoms with Crippen LogP contribution in [0.15, 0.2) is 17.2 Å². The molecule has 1 rings (SSSR count). The third-order valence-corrected chi connectivity index (χ3v) is 3.08. The van der Waals surface area contributed by atoms with Crippen molar-refractivity contribution in [3.63, 3.8) is 0 Å². The molecule has 1 heterocycles. The van der Waals surface area contributed by atoms with E-state index in [2.05, 4.69) is 18.8 Å². The fourth-order valence-electron chi connectivity index (χ4n) is 1.38. The normalized spacial score (nSPS) is 11.5. The lowest BCUT2D eigenvalue weighted by Gasteiger charge is -2.19. The number of hydrogen-bond donors (Lipinski definition) is 1. The Hall–Kier alpha value is -1.43. The van der Waals surface area contributed by atoms with Crippen LogP contribution >= 0.6 is 11.8 Å². The van der Waals surface area contributed by atoms with Gasteiger partial charge in [-0.2, -0.15) is 0 Å². The van der Waals surface area contributed by atoms with Gasteiger partial charge in [-0.15, -0.1) is 0 Å². The van der Waals surface area contributed by atoms with Gasteiger partial charge in [0.2, 0.25) is 5.88 Å². The van der Waals surface area contributed by atoms with Gasteiger partial charge in [0, 0.05) is 0 Å². The largest absolute Gasteiger partial charge is 0.476 e. The number of nitrogen functional groups attached to an aromatic ring is 1. The molecule has 1 aromatic heterocycles. The zero-order valence-corrected chi connectivity index (χ0v) is 14.1. The number of aromatic nitrogens is 1. The molecule has 0 atom stereocenters. The smallest absolute Gasteiger partial charge is 0.316 e. The Labute approximate surface area is 130 Å². The Balaban J connectivity index is 2.60. The molecule has 0 spiro atoms. The summed E-state index contributed by atoms with van der Waals surface area (Å²) in [4.78, 5) is 16.0. The highest BCUT2D eigenvalue weighted by molar-refractivity contribution is 7.99. The van der Waals surface area contributed by atoms with Gasteiger partial charge in [-0.05, 0) is 38.8 Å². The standard InChI is InChI=1S/C15H24N2O3S/c1-10(2)8-19-14-11(16)6-7-12(17-14)21-9-13(18)20-15(3,4)5/h6-7,10H,8-9,16H2,1-5H3. The Morgan fingerprint density at radius 2 is 2.05 bits per heavy atom. The zero-order chi connectivity index (χ0) is 16.0. The van der Waals surface area contributed by atoms with Crippen molar-refractivity contribution >= 4 is 23.4 Å². The summed E-state index contributed by atoms with van der Waals surface area (Å²) in [6.07, 6.45) is 0. The van der Waals surface area contributed by atoms with E-state index in [0.29, 0.717) is 29.1 Å². The van der Waals surface area contributed by atoms with Gasteiger partial charge in [-0.25, -0.2) is 4.98 Å². The second-order valence-electron chi connectivity index (χ2n) is 6.12. The molecular weight excluding hydrogens is 288 g/mol. The Kier molecular flexibility index (Phi) is 6.33. The van der Waals surface area contributed by atoms with Crippen LogP contribution in [0.3, 0.4) is 0 Å². The second-order valence-corrected chi connectivity index (χ2v) is 7.12. The maximum atomic E-state index is 11.7. The number of pyridine rings is 1. The highest BCUT2D eigenvalue weighted by Crippen LogP contribution is 2.25. The summed E-state index contributed by atoms with van der Waals surface area (Å²) in [5, 5.41) is 0.689. The number of carbonyl (C=O) groups excluding carboxylic acids is 1. The van der Waals surface area contributed by atoms with Crippen molar-refractivity contribution in [1.29, 1.82) is 0 Å². The Morgan fingerprint density at radius 1 is 1.38 bits per heavy atom. The first kappa shape index (κ1) is 17.6. The zero-order valence-electron chi connectivity index (χ0n) is 13.3. The van der Waals surface area contributed by atoms with Gasteiger partial charge in [0.25, 0.3) is 0 Å². The van der Waals surface area contributed by atoms with E-state index in [1.54, 1.807) is 12.1 Å². The van der Waals surface area contributed by atoms with Gasteiger partial charge in [0.15, 0.2) is 0 Å². The number of nitrogens with zero attached hydrogens (tertiary/aromatic N) is 1. The fraction of sp³-hybridized carbons (Fsp3) is 0.600. The van der Waals surface area contributed by atoms with Crippen molar-refractivity contribution in [3.8, 4) is 5.88 Å². The molecule has 0 aromatic carbocycles. The second kappa shape index (κ2) is 7.54. The van der Waals surface area contributed by atoms with E-state index in [1.165, 1.54) is 11.8 Å². The number of anilines is 1. The van der Waals surface area contributed by atoms with Crippen molar-refractivity contribution < 1.29 is 14.3 Å². The van der Waals surface area contributed by atoms with Gasteiger partial charge in [-0.3, -0.25) is 4.79 Å². The van der Waals surface area contributed by atoms with Crippen molar-refractivity contribution in [3.05, 3.63) is 12.1 Å². The summed E-state index contributed by atoms with van der Waals surface area (Å²) in [6, 6.07) is 3.51. The van der Waals surface area contributed by atoms with E-state index in [-0.39, 0.29) is 11.7 Å². The molecule has 6 heteroatoms. The molecule has 0 saturated carbocycles. The molecule has 0 aliphatic carbocycles. The Morgan fingerprint density at radius 3 is 2.62 bits per heavy atom. The van der Waals surface area contributed by atoms with Crippen LogP contribution in [0.5, 0.6) is 5.88 Å². The monoisotopic (exact) mass is 312 g/mol. The van der Waals surface area contributed by atoms with Gasteiger partial charge in [0.05, 0.1) is 18.0 Å². The predicted molar refractivity (Wildman–Crippen MR) is 85.6 cm³/mol. The lowest BCUT2D eigenvalue weighted by Crippen LogP contribution is -2.24. The van der Waals surface area contributed by atoms with Crippen LogP contribution in [-0.4, -0.2) is 28.9 Å². The van der Waals surface area contributed by atoms with E-state index in [0.717, 1.165) is 0 Å². The molecule has 1 aromatic rings. The van der Waals surface area contributed by atoms with E-state index < -0.39 is 5.60 Å². The summed E-state index contributed by atoms with van der Waals surface area (Å²) in [7, 11) is 0. The van der Waals surface area contributed by atoms with Crippen LogP contribution in [0.25, 0.3) is 0 Å². The molecule has 21 heavy (non-hydrogen) atoms. The van der Waals surface area contributed by atoms with E-state index in [1.807, 2.05) is 20.8 Å². The summed E-state index contributed by atoms with van der Waals surface area (Å²) in [6.45, 7) is 10.2. The van der Waals surface area contributed by atoms with Crippen LogP contribution in [0.4, 0.5) is 5.69 Å². The molecule has 0 amide bonds. The molecule has 0 bridgehead atoms. The highest BCUT2D eigenvalue weighted by atomic mass is 32.2. The molecule has 0 aliphatic rings. The highest BCUT2D eigenvalue weighted by Gasteiger charge is 2.16. The molecule has 5 nitrogen and oxygen atoms in total. The average Bonchev–Trinajstić information content (AvgIpc) is 2.34. The summed E-state index contributed by atoms with van der Waals surface area (Å²) >= 11 is 1.31. The number of nitrogens with two attached hydrogens (primary N) is 1. The minimum atomic E-state index is -0.474. The molecule has 0 radical (unpaired) electrons. The maximum absolute atomic E-state index is 11.7. The van der Waals surface area contributed by atoms with E-state index in [4.69, 9.17) is 15.2 Å². The maximum Gasteiger partial charge on any atom is 0.316 e. The van der Waals surface area contributed by atoms with Crippen LogP contribution in [0.2, 0.25) is 0 Å². The van der Waals surface area contributed by atoms with Crippen molar-refractivity contribution in [1.82, 2.24) is 4.98 Å². The lowest BCUT2D eigenvalue weighted by molar-refractivity contribution is -0.151. The van der Waals surface area contributed by atoms with E-state index in [9.17, 15) is 4.79 Å². The first-order valence-corrected chi connectivity index (χ1v) is 7.90. The fourth-order valence-corrected chi connectivity index (χ4v) is 2.02. The van der Waals surface area contributed by atoms with Crippen molar-refractivity contribution in [2.45, 2.75) is 45.2 Å². The minimum absolute atomic E-state index is 0.206.